The Morgan fingerprint density at radius 1 is 1.17 bits per heavy atom. The van der Waals surface area contributed by atoms with E-state index in [1.165, 1.54) is 0 Å². The van der Waals surface area contributed by atoms with Gasteiger partial charge in [-0.15, -0.1) is 0 Å². The van der Waals surface area contributed by atoms with E-state index in [0.717, 1.165) is 22.7 Å². The number of halogens is 1. The number of nitrogens with zero attached hydrogens (tertiary/aromatic N) is 2. The monoisotopic (exact) mass is 449 g/mol. The maximum Gasteiger partial charge on any atom is 0.248 e. The molecule has 0 bridgehead atoms. The largest absolute Gasteiger partial charge is 0.324 e. The van der Waals surface area contributed by atoms with Gasteiger partial charge in [-0.05, 0) is 61.4 Å². The first-order chi connectivity index (χ1) is 14.2. The van der Waals surface area contributed by atoms with Crippen LogP contribution in [0.4, 0.5) is 17.1 Å². The number of sulfonamides is 1. The predicted molar refractivity (Wildman–Crippen MR) is 120 cm³/mol. The molecule has 1 unspecified atom stereocenters. The quantitative estimate of drug-likeness (QED) is 0.698. The Morgan fingerprint density at radius 2 is 1.80 bits per heavy atom. The van der Waals surface area contributed by atoms with Crippen molar-refractivity contribution in [1.82, 2.24) is 0 Å². The average molecular weight is 450 g/mol. The van der Waals surface area contributed by atoms with Crippen LogP contribution in [0.25, 0.3) is 0 Å². The van der Waals surface area contributed by atoms with Gasteiger partial charge in [0.25, 0.3) is 0 Å². The summed E-state index contributed by atoms with van der Waals surface area (Å²) in [7, 11) is -3.72. The second-order valence-electron chi connectivity index (χ2n) is 7.14. The van der Waals surface area contributed by atoms with Gasteiger partial charge < -0.3 is 10.2 Å². The Bertz CT molecular complexity index is 1020. The van der Waals surface area contributed by atoms with Gasteiger partial charge in [-0.3, -0.25) is 13.9 Å². The third kappa shape index (κ3) is 4.94. The Morgan fingerprint density at radius 3 is 2.30 bits per heavy atom. The van der Waals surface area contributed by atoms with E-state index < -0.39 is 22.0 Å². The lowest BCUT2D eigenvalue weighted by Gasteiger charge is -2.30. The molecule has 1 heterocycles. The van der Waals surface area contributed by atoms with Crippen molar-refractivity contribution in [2.45, 2.75) is 32.2 Å². The molecule has 9 heteroatoms. The Kier molecular flexibility index (Phi) is 6.67. The second kappa shape index (κ2) is 9.06. The zero-order valence-electron chi connectivity index (χ0n) is 16.8. The van der Waals surface area contributed by atoms with Crippen molar-refractivity contribution in [2.75, 3.05) is 27.3 Å². The van der Waals surface area contributed by atoms with E-state index in [1.807, 2.05) is 0 Å². The van der Waals surface area contributed by atoms with Crippen molar-refractivity contribution in [3.8, 4) is 0 Å². The van der Waals surface area contributed by atoms with Crippen LogP contribution < -0.4 is 14.5 Å². The first-order valence-electron chi connectivity index (χ1n) is 9.67. The lowest BCUT2D eigenvalue weighted by molar-refractivity contribution is -0.118. The number of nitrogens with one attached hydrogen (secondary N) is 1. The fourth-order valence-corrected chi connectivity index (χ4v) is 4.86. The molecule has 7 nitrogen and oxygen atoms in total. The van der Waals surface area contributed by atoms with Gasteiger partial charge in [0.2, 0.25) is 21.8 Å². The van der Waals surface area contributed by atoms with Crippen LogP contribution in [0.15, 0.2) is 48.5 Å². The minimum atomic E-state index is -3.72. The molecule has 30 heavy (non-hydrogen) atoms. The summed E-state index contributed by atoms with van der Waals surface area (Å²) >= 11 is 5.91. The Balaban J connectivity index is 1.80. The van der Waals surface area contributed by atoms with Gasteiger partial charge in [0.1, 0.15) is 6.04 Å². The molecule has 0 aromatic heterocycles. The Hall–Kier alpha value is -2.58. The number of anilines is 3. The maximum atomic E-state index is 13.0. The van der Waals surface area contributed by atoms with Crippen LogP contribution >= 0.6 is 11.6 Å². The summed E-state index contributed by atoms with van der Waals surface area (Å²) in [6, 6.07) is 12.3. The molecule has 2 aromatic carbocycles. The summed E-state index contributed by atoms with van der Waals surface area (Å²) < 4.78 is 26.1. The summed E-state index contributed by atoms with van der Waals surface area (Å²) in [5.41, 5.74) is 1.67. The zero-order valence-corrected chi connectivity index (χ0v) is 18.4. The highest BCUT2D eigenvalue weighted by atomic mass is 35.5. The lowest BCUT2D eigenvalue weighted by atomic mass is 10.1. The van der Waals surface area contributed by atoms with Gasteiger partial charge in [-0.25, -0.2) is 8.42 Å². The van der Waals surface area contributed by atoms with Gasteiger partial charge in [0, 0.05) is 29.4 Å². The van der Waals surface area contributed by atoms with E-state index in [1.54, 1.807) is 60.4 Å². The van der Waals surface area contributed by atoms with E-state index in [-0.39, 0.29) is 12.3 Å². The van der Waals surface area contributed by atoms with Crippen LogP contribution in [0.3, 0.4) is 0 Å². The van der Waals surface area contributed by atoms with Crippen molar-refractivity contribution in [2.24, 2.45) is 0 Å². The number of rotatable bonds is 7. The molecular weight excluding hydrogens is 426 g/mol. The molecule has 2 amide bonds. The molecule has 1 N–H and O–H groups in total. The predicted octanol–water partition coefficient (Wildman–Crippen LogP) is 3.65. The molecule has 1 atom stereocenters. The van der Waals surface area contributed by atoms with Crippen LogP contribution in [0.2, 0.25) is 5.02 Å². The van der Waals surface area contributed by atoms with Gasteiger partial charge in [0.05, 0.1) is 11.9 Å². The number of hydrogen-bond donors (Lipinski definition) is 1. The van der Waals surface area contributed by atoms with Crippen molar-refractivity contribution in [3.05, 3.63) is 53.6 Å². The molecule has 1 saturated heterocycles. The van der Waals surface area contributed by atoms with Gasteiger partial charge in [0.15, 0.2) is 0 Å². The lowest BCUT2D eigenvalue weighted by Crippen LogP contribution is -2.47. The normalized spacial score (nSPS) is 15.2. The van der Waals surface area contributed by atoms with Gasteiger partial charge in [-0.2, -0.15) is 0 Å². The van der Waals surface area contributed by atoms with Gasteiger partial charge in [-0.1, -0.05) is 18.5 Å². The second-order valence-corrected chi connectivity index (χ2v) is 9.44. The first-order valence-corrected chi connectivity index (χ1v) is 11.9. The fourth-order valence-electron chi connectivity index (χ4n) is 3.52. The highest BCUT2D eigenvalue weighted by molar-refractivity contribution is 7.92. The van der Waals surface area contributed by atoms with Crippen molar-refractivity contribution >= 4 is 50.5 Å². The summed E-state index contributed by atoms with van der Waals surface area (Å²) in [5, 5.41) is 3.25. The van der Waals surface area contributed by atoms with Crippen molar-refractivity contribution in [1.29, 1.82) is 0 Å². The smallest absolute Gasteiger partial charge is 0.248 e. The Labute approximate surface area is 181 Å². The average Bonchev–Trinajstić information content (AvgIpc) is 3.12. The topological polar surface area (TPSA) is 86.8 Å². The number of carbonyl (C=O) groups is 2. The molecule has 160 valence electrons. The molecule has 0 radical (unpaired) electrons. The van der Waals surface area contributed by atoms with Crippen LogP contribution in [-0.2, 0) is 19.6 Å². The molecule has 0 aliphatic carbocycles. The molecule has 1 aliphatic rings. The zero-order chi connectivity index (χ0) is 21.9. The highest BCUT2D eigenvalue weighted by Gasteiger charge is 2.31. The summed E-state index contributed by atoms with van der Waals surface area (Å²) in [5.74, 6) is -0.354. The van der Waals surface area contributed by atoms with E-state index in [9.17, 15) is 18.0 Å². The number of benzene rings is 2. The minimum absolute atomic E-state index is 0.0876. The van der Waals surface area contributed by atoms with Crippen molar-refractivity contribution < 1.29 is 18.0 Å². The third-order valence-electron chi connectivity index (χ3n) is 4.93. The summed E-state index contributed by atoms with van der Waals surface area (Å²) in [6.45, 7) is 2.44. The molecule has 0 spiro atoms. The minimum Gasteiger partial charge on any atom is -0.324 e. The SMILES string of the molecule is CCC(C(=O)Nc1ccc(N2CCCC2=O)cc1)N(c1ccc(Cl)cc1)S(C)(=O)=O. The van der Waals surface area contributed by atoms with Crippen LogP contribution in [0.5, 0.6) is 0 Å². The number of carbonyl (C=O) groups excluding carboxylic acids is 2. The first kappa shape index (κ1) is 22.1. The number of amides is 2. The van der Waals surface area contributed by atoms with E-state index >= 15 is 0 Å². The molecule has 1 fully saturated rings. The standard InChI is InChI=1S/C21H24ClN3O4S/c1-3-19(25(30(2,28)29)18-10-6-15(22)7-11-18)21(27)23-16-8-12-17(13-9-16)24-14-4-5-20(24)26/h6-13,19H,3-5,14H2,1-2H3,(H,23,27). The fraction of sp³-hybridized carbons (Fsp3) is 0.333. The maximum absolute atomic E-state index is 13.0. The third-order valence-corrected chi connectivity index (χ3v) is 6.36. The highest BCUT2D eigenvalue weighted by Crippen LogP contribution is 2.26. The molecule has 2 aromatic rings. The van der Waals surface area contributed by atoms with E-state index in [2.05, 4.69) is 5.32 Å². The van der Waals surface area contributed by atoms with E-state index in [4.69, 9.17) is 11.6 Å². The molecule has 1 aliphatic heterocycles. The molecular formula is C21H24ClN3O4S. The van der Waals surface area contributed by atoms with Gasteiger partial charge >= 0.3 is 0 Å². The molecule has 3 rings (SSSR count). The van der Waals surface area contributed by atoms with Crippen LogP contribution in [0, 0.1) is 0 Å². The summed E-state index contributed by atoms with van der Waals surface area (Å²) in [6.07, 6.45) is 2.73. The van der Waals surface area contributed by atoms with Crippen LogP contribution in [-0.4, -0.2) is 39.1 Å². The van der Waals surface area contributed by atoms with Crippen LogP contribution in [0.1, 0.15) is 26.2 Å². The molecule has 0 saturated carbocycles. The van der Waals surface area contributed by atoms with Crippen molar-refractivity contribution in [3.63, 3.8) is 0 Å². The number of hydrogen-bond acceptors (Lipinski definition) is 4. The summed E-state index contributed by atoms with van der Waals surface area (Å²) in [4.78, 5) is 26.5. The van der Waals surface area contributed by atoms with E-state index in [0.29, 0.717) is 29.4 Å².